The minimum atomic E-state index is -1.24. The zero-order valence-electron chi connectivity index (χ0n) is 16.0. The molecule has 0 fully saturated rings. The SMILES string of the molecule is CCn1c(C)c(C2c3ccccc3S(=O)N2c2ccccc2)c2ccccc21. The first kappa shape index (κ1) is 17.3. The number of para-hydroxylation sites is 2. The van der Waals surface area contributed by atoms with Crippen molar-refractivity contribution in [3.05, 3.63) is 95.7 Å². The van der Waals surface area contributed by atoms with E-state index in [2.05, 4.69) is 53.1 Å². The van der Waals surface area contributed by atoms with E-state index in [0.29, 0.717) is 0 Å². The van der Waals surface area contributed by atoms with E-state index in [0.717, 1.165) is 22.7 Å². The third-order valence-corrected chi connectivity index (χ3v) is 7.22. The molecule has 3 aromatic carbocycles. The predicted octanol–water partition coefficient (Wildman–Crippen LogP) is 5.60. The fraction of sp³-hybridized carbons (Fsp3) is 0.167. The van der Waals surface area contributed by atoms with E-state index in [9.17, 15) is 4.21 Å². The van der Waals surface area contributed by atoms with Gasteiger partial charge in [-0.1, -0.05) is 54.6 Å². The molecule has 2 unspecified atom stereocenters. The summed E-state index contributed by atoms with van der Waals surface area (Å²) in [6, 6.07) is 26.7. The van der Waals surface area contributed by atoms with E-state index in [-0.39, 0.29) is 6.04 Å². The van der Waals surface area contributed by atoms with Gasteiger partial charge in [0.05, 0.1) is 16.6 Å². The fourth-order valence-electron chi connectivity index (χ4n) is 4.50. The summed E-state index contributed by atoms with van der Waals surface area (Å²) in [6.45, 7) is 5.28. The Morgan fingerprint density at radius 2 is 1.57 bits per heavy atom. The minimum Gasteiger partial charge on any atom is -0.345 e. The van der Waals surface area contributed by atoms with Gasteiger partial charge in [-0.2, -0.15) is 0 Å². The zero-order chi connectivity index (χ0) is 19.3. The minimum absolute atomic E-state index is 0.0721. The number of rotatable bonds is 3. The zero-order valence-corrected chi connectivity index (χ0v) is 16.8. The van der Waals surface area contributed by atoms with Crippen molar-refractivity contribution in [2.45, 2.75) is 31.3 Å². The first-order valence-electron chi connectivity index (χ1n) is 9.65. The Morgan fingerprint density at radius 3 is 2.36 bits per heavy atom. The van der Waals surface area contributed by atoms with Crippen LogP contribution in [0.1, 0.15) is 29.8 Å². The van der Waals surface area contributed by atoms with E-state index in [1.54, 1.807) is 0 Å². The molecule has 0 saturated heterocycles. The van der Waals surface area contributed by atoms with Crippen LogP contribution in [0, 0.1) is 6.92 Å². The molecule has 3 nitrogen and oxygen atoms in total. The molecule has 0 N–H and O–H groups in total. The van der Waals surface area contributed by atoms with E-state index < -0.39 is 11.0 Å². The number of fused-ring (bicyclic) bond motifs is 2. The maximum Gasteiger partial charge on any atom is 0.154 e. The Kier molecular flexibility index (Phi) is 4.09. The van der Waals surface area contributed by atoms with Crippen molar-refractivity contribution >= 4 is 27.6 Å². The number of nitrogens with zero attached hydrogens (tertiary/aromatic N) is 2. The standard InChI is InChI=1S/C24H22N2OS/c1-3-25-17(2)23(19-13-7-9-15-21(19)25)24-20-14-8-10-16-22(20)28(27)26(24)18-11-5-4-6-12-18/h4-16,24H,3H2,1-2H3. The molecule has 0 saturated carbocycles. The van der Waals surface area contributed by atoms with Gasteiger partial charge in [-0.3, -0.25) is 4.31 Å². The van der Waals surface area contributed by atoms with Gasteiger partial charge in [0, 0.05) is 28.7 Å². The summed E-state index contributed by atoms with van der Waals surface area (Å²) in [5.74, 6) is 0. The topological polar surface area (TPSA) is 25.2 Å². The number of aryl methyl sites for hydroxylation is 1. The summed E-state index contributed by atoms with van der Waals surface area (Å²) in [5, 5.41) is 1.24. The number of benzene rings is 3. The maximum absolute atomic E-state index is 13.5. The van der Waals surface area contributed by atoms with Crippen LogP contribution in [0.3, 0.4) is 0 Å². The van der Waals surface area contributed by atoms with Gasteiger partial charge in [-0.15, -0.1) is 0 Å². The molecule has 0 bridgehead atoms. The molecule has 1 aromatic heterocycles. The van der Waals surface area contributed by atoms with Crippen LogP contribution in [0.2, 0.25) is 0 Å². The summed E-state index contributed by atoms with van der Waals surface area (Å²) in [4.78, 5) is 0.907. The lowest BCUT2D eigenvalue weighted by molar-refractivity contribution is 0.681. The van der Waals surface area contributed by atoms with Crippen molar-refractivity contribution < 1.29 is 4.21 Å². The average molecular weight is 387 g/mol. The smallest absolute Gasteiger partial charge is 0.154 e. The highest BCUT2D eigenvalue weighted by Gasteiger charge is 2.40. The summed E-state index contributed by atoms with van der Waals surface area (Å²) in [7, 11) is -1.24. The third kappa shape index (κ3) is 2.38. The second kappa shape index (κ2) is 6.64. The largest absolute Gasteiger partial charge is 0.345 e. The fourth-order valence-corrected chi connectivity index (χ4v) is 6.01. The maximum atomic E-state index is 13.5. The highest BCUT2D eigenvalue weighted by atomic mass is 32.2. The monoisotopic (exact) mass is 386 g/mol. The average Bonchev–Trinajstić information content (AvgIpc) is 3.19. The molecular weight excluding hydrogens is 364 g/mol. The van der Waals surface area contributed by atoms with Crippen LogP contribution in [-0.4, -0.2) is 8.78 Å². The predicted molar refractivity (Wildman–Crippen MR) is 116 cm³/mol. The number of aromatic nitrogens is 1. The van der Waals surface area contributed by atoms with Crippen LogP contribution in [0.4, 0.5) is 5.69 Å². The molecule has 0 radical (unpaired) electrons. The molecule has 5 rings (SSSR count). The lowest BCUT2D eigenvalue weighted by Gasteiger charge is -2.26. The summed E-state index contributed by atoms with van der Waals surface area (Å²) in [6.07, 6.45) is 0. The van der Waals surface area contributed by atoms with Gasteiger partial charge in [0.1, 0.15) is 0 Å². The van der Waals surface area contributed by atoms with Gasteiger partial charge in [0.25, 0.3) is 0 Å². The second-order valence-corrected chi connectivity index (χ2v) is 8.44. The van der Waals surface area contributed by atoms with Crippen molar-refractivity contribution in [3.8, 4) is 0 Å². The highest BCUT2D eigenvalue weighted by Crippen LogP contribution is 2.47. The molecule has 2 heterocycles. The van der Waals surface area contributed by atoms with E-state index >= 15 is 0 Å². The van der Waals surface area contributed by atoms with E-state index in [4.69, 9.17) is 0 Å². The molecule has 0 aliphatic carbocycles. The van der Waals surface area contributed by atoms with Crippen LogP contribution in [0.5, 0.6) is 0 Å². The molecule has 0 amide bonds. The van der Waals surface area contributed by atoms with Gasteiger partial charge in [-0.25, -0.2) is 4.21 Å². The van der Waals surface area contributed by atoms with Gasteiger partial charge >= 0.3 is 0 Å². The normalized spacial score (nSPS) is 18.6. The molecule has 140 valence electrons. The van der Waals surface area contributed by atoms with Crippen molar-refractivity contribution in [2.24, 2.45) is 0 Å². The van der Waals surface area contributed by atoms with Crippen molar-refractivity contribution in [1.82, 2.24) is 4.57 Å². The molecule has 1 aliphatic rings. The van der Waals surface area contributed by atoms with Crippen LogP contribution >= 0.6 is 0 Å². The lowest BCUT2D eigenvalue weighted by Crippen LogP contribution is -2.25. The molecule has 4 heteroatoms. The summed E-state index contributed by atoms with van der Waals surface area (Å²) < 4.78 is 18.0. The molecule has 0 spiro atoms. The first-order valence-corrected chi connectivity index (χ1v) is 10.8. The molecule has 4 aromatic rings. The summed E-state index contributed by atoms with van der Waals surface area (Å²) >= 11 is 0. The molecule has 2 atom stereocenters. The van der Waals surface area contributed by atoms with Gasteiger partial charge < -0.3 is 4.57 Å². The third-order valence-electron chi connectivity index (χ3n) is 5.69. The molecule has 1 aliphatic heterocycles. The number of hydrogen-bond donors (Lipinski definition) is 0. The Hall–Kier alpha value is -2.85. The van der Waals surface area contributed by atoms with Gasteiger partial charge in [0.15, 0.2) is 11.0 Å². The summed E-state index contributed by atoms with van der Waals surface area (Å²) in [5.41, 5.74) is 5.84. The Balaban J connectivity index is 1.83. The quantitative estimate of drug-likeness (QED) is 0.450. The van der Waals surface area contributed by atoms with Crippen molar-refractivity contribution in [1.29, 1.82) is 0 Å². The molecular formula is C24H22N2OS. The van der Waals surface area contributed by atoms with Crippen molar-refractivity contribution in [2.75, 3.05) is 4.31 Å². The number of anilines is 1. The van der Waals surface area contributed by atoms with Gasteiger partial charge in [0.2, 0.25) is 0 Å². The second-order valence-electron chi connectivity index (χ2n) is 7.11. The first-order chi connectivity index (χ1) is 13.7. The van der Waals surface area contributed by atoms with Crippen molar-refractivity contribution in [3.63, 3.8) is 0 Å². The molecule has 28 heavy (non-hydrogen) atoms. The number of hydrogen-bond acceptors (Lipinski definition) is 1. The Bertz CT molecular complexity index is 1200. The highest BCUT2D eigenvalue weighted by molar-refractivity contribution is 7.87. The van der Waals surface area contributed by atoms with Crippen LogP contribution in [0.15, 0.2) is 83.8 Å². The van der Waals surface area contributed by atoms with E-state index in [1.165, 1.54) is 22.2 Å². The lowest BCUT2D eigenvalue weighted by atomic mass is 9.95. The van der Waals surface area contributed by atoms with Gasteiger partial charge in [-0.05, 0) is 43.7 Å². The van der Waals surface area contributed by atoms with E-state index in [1.807, 2.05) is 48.5 Å². The van der Waals surface area contributed by atoms with Crippen LogP contribution in [-0.2, 0) is 17.5 Å². The van der Waals surface area contributed by atoms with Crippen LogP contribution < -0.4 is 4.31 Å². The Morgan fingerprint density at radius 1 is 0.893 bits per heavy atom. The van der Waals surface area contributed by atoms with Crippen LogP contribution in [0.25, 0.3) is 10.9 Å². The Labute approximate surface area is 167 Å².